The first-order chi connectivity index (χ1) is 11.4. The lowest BCUT2D eigenvalue weighted by Crippen LogP contribution is -2.28. The molecule has 1 aromatic rings. The van der Waals surface area contributed by atoms with Gasteiger partial charge >= 0.3 is 0 Å². The number of carbonyl (C=O) groups excluding carboxylic acids is 2. The average Bonchev–Trinajstić information content (AvgIpc) is 2.83. The van der Waals surface area contributed by atoms with E-state index in [0.29, 0.717) is 28.3 Å². The maximum Gasteiger partial charge on any atom is 0.240 e. The number of nitrogens with one attached hydrogen (secondary N) is 2. The van der Waals surface area contributed by atoms with E-state index in [9.17, 15) is 9.59 Å². The van der Waals surface area contributed by atoms with Crippen molar-refractivity contribution in [3.8, 4) is 0 Å². The third-order valence-corrected chi connectivity index (χ3v) is 5.18. The Morgan fingerprint density at radius 3 is 2.92 bits per heavy atom. The number of amidine groups is 1. The fraction of sp³-hybridized carbons (Fsp3) is 0.471. The monoisotopic (exact) mass is 367 g/mol. The highest BCUT2D eigenvalue weighted by Crippen LogP contribution is 2.25. The minimum Gasteiger partial charge on any atom is -0.326 e. The number of hydrogen-bond acceptors (Lipinski definition) is 4. The minimum absolute atomic E-state index is 0.103. The molecule has 1 atom stereocenters. The van der Waals surface area contributed by atoms with Crippen molar-refractivity contribution in [2.45, 2.75) is 38.9 Å². The average molecular weight is 368 g/mol. The maximum atomic E-state index is 12.2. The van der Waals surface area contributed by atoms with Crippen LogP contribution in [-0.4, -0.2) is 28.8 Å². The molecule has 0 aliphatic carbocycles. The highest BCUT2D eigenvalue weighted by molar-refractivity contribution is 8.15. The van der Waals surface area contributed by atoms with Gasteiger partial charge < -0.3 is 10.6 Å². The summed E-state index contributed by atoms with van der Waals surface area (Å²) in [7, 11) is 0. The van der Waals surface area contributed by atoms with Gasteiger partial charge in [-0.3, -0.25) is 14.6 Å². The van der Waals surface area contributed by atoms with Crippen molar-refractivity contribution in [3.63, 3.8) is 0 Å². The summed E-state index contributed by atoms with van der Waals surface area (Å²) in [5, 5.41) is 6.32. The lowest BCUT2D eigenvalue weighted by molar-refractivity contribution is -0.122. The molecule has 1 heterocycles. The van der Waals surface area contributed by atoms with Crippen LogP contribution in [0.15, 0.2) is 23.2 Å². The van der Waals surface area contributed by atoms with Gasteiger partial charge in [0.25, 0.3) is 0 Å². The van der Waals surface area contributed by atoms with E-state index < -0.39 is 5.25 Å². The van der Waals surface area contributed by atoms with Crippen molar-refractivity contribution in [2.75, 3.05) is 11.9 Å². The number of nitrogens with zero attached hydrogens (tertiary/aromatic N) is 1. The molecule has 1 saturated heterocycles. The van der Waals surface area contributed by atoms with Crippen LogP contribution in [0.2, 0.25) is 5.02 Å². The van der Waals surface area contributed by atoms with E-state index >= 15 is 0 Å². The van der Waals surface area contributed by atoms with Crippen LogP contribution in [0, 0.1) is 12.8 Å². The summed E-state index contributed by atoms with van der Waals surface area (Å²) in [6, 6.07) is 5.34. The Labute approximate surface area is 151 Å². The van der Waals surface area contributed by atoms with E-state index in [-0.39, 0.29) is 18.2 Å². The molecule has 2 rings (SSSR count). The lowest BCUT2D eigenvalue weighted by Gasteiger charge is -2.10. The Balaban J connectivity index is 1.90. The Kier molecular flexibility index (Phi) is 6.69. The zero-order valence-corrected chi connectivity index (χ0v) is 15.6. The number of rotatable bonds is 6. The normalized spacial score (nSPS) is 19.0. The Morgan fingerprint density at radius 1 is 1.46 bits per heavy atom. The second kappa shape index (κ2) is 8.53. The van der Waals surface area contributed by atoms with Crippen LogP contribution in [0.5, 0.6) is 0 Å². The van der Waals surface area contributed by atoms with Crippen LogP contribution in [0.1, 0.15) is 32.3 Å². The summed E-state index contributed by atoms with van der Waals surface area (Å²) < 4.78 is 0. The van der Waals surface area contributed by atoms with Gasteiger partial charge in [0.05, 0.1) is 0 Å². The number of amides is 2. The number of hydrogen-bond donors (Lipinski definition) is 2. The second-order valence-electron chi connectivity index (χ2n) is 6.13. The lowest BCUT2D eigenvalue weighted by atomic mass is 10.1. The molecule has 0 bridgehead atoms. The van der Waals surface area contributed by atoms with E-state index in [1.807, 2.05) is 6.92 Å². The van der Waals surface area contributed by atoms with Crippen molar-refractivity contribution >= 4 is 46.0 Å². The molecule has 2 amide bonds. The van der Waals surface area contributed by atoms with Gasteiger partial charge in [-0.2, -0.15) is 0 Å². The molecule has 0 spiro atoms. The van der Waals surface area contributed by atoms with Crippen molar-refractivity contribution in [1.82, 2.24) is 5.32 Å². The third kappa shape index (κ3) is 5.24. The first kappa shape index (κ1) is 18.8. The maximum absolute atomic E-state index is 12.2. The topological polar surface area (TPSA) is 70.6 Å². The van der Waals surface area contributed by atoms with Gasteiger partial charge in [0.1, 0.15) is 5.25 Å². The number of aliphatic imine (C=N–C) groups is 1. The van der Waals surface area contributed by atoms with Crippen LogP contribution in [0.3, 0.4) is 0 Å². The first-order valence-electron chi connectivity index (χ1n) is 7.93. The fourth-order valence-electron chi connectivity index (χ4n) is 2.15. The van der Waals surface area contributed by atoms with E-state index in [2.05, 4.69) is 29.5 Å². The number of halogens is 1. The predicted octanol–water partition coefficient (Wildman–Crippen LogP) is 3.61. The quantitative estimate of drug-likeness (QED) is 0.806. The van der Waals surface area contributed by atoms with Gasteiger partial charge in [-0.05, 0) is 37.0 Å². The van der Waals surface area contributed by atoms with Gasteiger partial charge in [-0.25, -0.2) is 0 Å². The Morgan fingerprint density at radius 2 is 2.21 bits per heavy atom. The van der Waals surface area contributed by atoms with Gasteiger partial charge in [-0.1, -0.05) is 43.3 Å². The zero-order valence-electron chi connectivity index (χ0n) is 14.1. The largest absolute Gasteiger partial charge is 0.326 e. The molecular weight excluding hydrogens is 346 g/mol. The predicted molar refractivity (Wildman–Crippen MR) is 101 cm³/mol. The molecule has 2 N–H and O–H groups in total. The molecule has 130 valence electrons. The SMILES string of the molecule is Cc1c(Cl)cccc1NC(=O)C[C@@H]1SC(=NCCC(C)C)NC1=O. The highest BCUT2D eigenvalue weighted by Gasteiger charge is 2.32. The molecule has 1 fully saturated rings. The molecule has 0 saturated carbocycles. The van der Waals surface area contributed by atoms with Crippen LogP contribution in [-0.2, 0) is 9.59 Å². The van der Waals surface area contributed by atoms with Gasteiger partial charge in [0.2, 0.25) is 11.8 Å². The minimum atomic E-state index is -0.442. The molecule has 5 nitrogen and oxygen atoms in total. The molecule has 0 radical (unpaired) electrons. The fourth-order valence-corrected chi connectivity index (χ4v) is 3.32. The molecule has 0 aromatic heterocycles. The number of carbonyl (C=O) groups is 2. The summed E-state index contributed by atoms with van der Waals surface area (Å²) in [5.41, 5.74) is 1.48. The molecule has 24 heavy (non-hydrogen) atoms. The van der Waals surface area contributed by atoms with E-state index in [4.69, 9.17) is 11.6 Å². The first-order valence-corrected chi connectivity index (χ1v) is 9.19. The number of benzene rings is 1. The summed E-state index contributed by atoms with van der Waals surface area (Å²) in [6.07, 6.45) is 1.07. The summed E-state index contributed by atoms with van der Waals surface area (Å²) in [4.78, 5) is 28.6. The molecule has 1 aromatic carbocycles. The van der Waals surface area contributed by atoms with Gasteiger partial charge in [-0.15, -0.1) is 0 Å². The van der Waals surface area contributed by atoms with E-state index in [0.717, 1.165) is 12.0 Å². The molecule has 0 unspecified atom stereocenters. The Bertz CT molecular complexity index is 661. The third-order valence-electron chi connectivity index (χ3n) is 3.65. The van der Waals surface area contributed by atoms with E-state index in [1.165, 1.54) is 11.8 Å². The molecular formula is C17H22ClN3O2S. The summed E-state index contributed by atoms with van der Waals surface area (Å²) in [6.45, 7) is 6.78. The zero-order chi connectivity index (χ0) is 17.7. The number of anilines is 1. The summed E-state index contributed by atoms with van der Waals surface area (Å²) in [5.74, 6) is 0.191. The van der Waals surface area contributed by atoms with Crippen molar-refractivity contribution in [2.24, 2.45) is 10.9 Å². The van der Waals surface area contributed by atoms with Crippen molar-refractivity contribution in [3.05, 3.63) is 28.8 Å². The van der Waals surface area contributed by atoms with E-state index in [1.54, 1.807) is 18.2 Å². The van der Waals surface area contributed by atoms with Crippen LogP contribution in [0.4, 0.5) is 5.69 Å². The highest BCUT2D eigenvalue weighted by atomic mass is 35.5. The molecule has 1 aliphatic rings. The Hall–Kier alpha value is -1.53. The standard InChI is InChI=1S/C17H22ClN3O2S/c1-10(2)7-8-19-17-21-16(23)14(24-17)9-15(22)20-13-6-4-5-12(18)11(13)3/h4-6,10,14H,7-9H2,1-3H3,(H,20,22)(H,19,21,23)/t14-/m0/s1. The van der Waals surface area contributed by atoms with Gasteiger partial charge in [0, 0.05) is 23.7 Å². The van der Waals surface area contributed by atoms with Crippen LogP contribution < -0.4 is 10.6 Å². The summed E-state index contributed by atoms with van der Waals surface area (Å²) >= 11 is 7.36. The second-order valence-corrected chi connectivity index (χ2v) is 7.73. The van der Waals surface area contributed by atoms with Crippen LogP contribution in [0.25, 0.3) is 0 Å². The van der Waals surface area contributed by atoms with Gasteiger partial charge in [0.15, 0.2) is 5.17 Å². The number of thioether (sulfide) groups is 1. The van der Waals surface area contributed by atoms with Crippen LogP contribution >= 0.6 is 23.4 Å². The molecule has 1 aliphatic heterocycles. The van der Waals surface area contributed by atoms with Crippen molar-refractivity contribution in [1.29, 1.82) is 0 Å². The smallest absolute Gasteiger partial charge is 0.240 e. The van der Waals surface area contributed by atoms with Crippen molar-refractivity contribution < 1.29 is 9.59 Å². The molecule has 7 heteroatoms.